The lowest BCUT2D eigenvalue weighted by Crippen LogP contribution is -2.71. The number of amides is 4. The first-order valence-electron chi connectivity index (χ1n) is 23.2. The third-order valence-corrected chi connectivity index (χ3v) is 11.4. The molecule has 0 bridgehead atoms. The Bertz CT molecular complexity index is 1620. The van der Waals surface area contributed by atoms with Gasteiger partial charge in [-0.15, -0.1) is 0 Å². The maximum Gasteiger partial charge on any atom is 0.408 e. The van der Waals surface area contributed by atoms with E-state index in [0.717, 1.165) is 19.3 Å². The lowest BCUT2D eigenvalue weighted by Gasteiger charge is -2.53. The highest BCUT2D eigenvalue weighted by Gasteiger charge is 2.56. The van der Waals surface area contributed by atoms with Gasteiger partial charge in [0, 0.05) is 19.4 Å². The fraction of sp³-hybridized carbons (Fsp3) is 0.911. The highest BCUT2D eigenvalue weighted by atomic mass is 16.8. The molecule has 374 valence electrons. The number of hydrogen-bond acceptors (Lipinski definition) is 16. The molecule has 0 aromatic carbocycles. The Morgan fingerprint density at radius 3 is 1.72 bits per heavy atom. The third kappa shape index (κ3) is 15.7. The van der Waals surface area contributed by atoms with Gasteiger partial charge in [0.2, 0.25) is 0 Å². The molecule has 4 amide bonds. The zero-order valence-electron chi connectivity index (χ0n) is 40.7. The van der Waals surface area contributed by atoms with Crippen LogP contribution in [-0.4, -0.2) is 149 Å². The predicted octanol–water partition coefficient (Wildman–Crippen LogP) is 5.03. The van der Waals surface area contributed by atoms with Crippen molar-refractivity contribution in [1.82, 2.24) is 21.3 Å². The summed E-state index contributed by atoms with van der Waals surface area (Å²) in [6, 6.07) is -2.77. The van der Waals surface area contributed by atoms with Crippen molar-refractivity contribution >= 4 is 24.4 Å². The molecule has 20 nitrogen and oxygen atoms in total. The van der Waals surface area contributed by atoms with Crippen LogP contribution in [0.4, 0.5) is 19.2 Å². The molecule has 2 aliphatic carbocycles. The lowest BCUT2D eigenvalue weighted by atomic mass is 9.80. The summed E-state index contributed by atoms with van der Waals surface area (Å²) in [5.74, 6) is -1.39. The van der Waals surface area contributed by atoms with Crippen molar-refractivity contribution in [3.8, 4) is 0 Å². The smallest absolute Gasteiger partial charge is 0.408 e. The van der Waals surface area contributed by atoms with Crippen molar-refractivity contribution in [2.45, 2.75) is 243 Å². The van der Waals surface area contributed by atoms with Gasteiger partial charge in [-0.05, 0) is 121 Å². The predicted molar refractivity (Wildman–Crippen MR) is 232 cm³/mol. The Labute approximate surface area is 383 Å². The fourth-order valence-electron chi connectivity index (χ4n) is 8.77. The van der Waals surface area contributed by atoms with Crippen molar-refractivity contribution in [2.75, 3.05) is 13.2 Å². The molecule has 20 heteroatoms. The van der Waals surface area contributed by atoms with E-state index in [1.54, 1.807) is 83.1 Å². The van der Waals surface area contributed by atoms with Crippen LogP contribution in [0.1, 0.15) is 141 Å². The van der Waals surface area contributed by atoms with Crippen LogP contribution >= 0.6 is 0 Å². The van der Waals surface area contributed by atoms with Gasteiger partial charge < -0.3 is 78.8 Å². The summed E-state index contributed by atoms with van der Waals surface area (Å²) in [4.78, 5) is 52.4. The monoisotopic (exact) mass is 931 g/mol. The maximum absolute atomic E-state index is 13.3. The summed E-state index contributed by atoms with van der Waals surface area (Å²) in [6.45, 7) is 22.7. The Kier molecular flexibility index (Phi) is 17.0. The van der Waals surface area contributed by atoms with Crippen molar-refractivity contribution in [3.63, 3.8) is 0 Å². The van der Waals surface area contributed by atoms with E-state index in [1.807, 2.05) is 6.92 Å². The van der Waals surface area contributed by atoms with Gasteiger partial charge in [-0.3, -0.25) is 0 Å². The molecule has 0 radical (unpaired) electrons. The van der Waals surface area contributed by atoms with Crippen molar-refractivity contribution in [1.29, 1.82) is 0 Å². The van der Waals surface area contributed by atoms with E-state index in [4.69, 9.17) is 47.4 Å². The minimum absolute atomic E-state index is 0.0373. The molecular formula is C45H78N4O16. The van der Waals surface area contributed by atoms with E-state index >= 15 is 0 Å². The molecule has 0 aromatic rings. The Balaban J connectivity index is 1.42. The number of carbonyl (C=O) groups is 4. The summed E-state index contributed by atoms with van der Waals surface area (Å²) in [5.41, 5.74) is -3.25. The van der Waals surface area contributed by atoms with Crippen LogP contribution in [0.5, 0.6) is 0 Å². The molecule has 6 unspecified atom stereocenters. The topological polar surface area (TPSA) is 249 Å². The number of aliphatic hydroxyl groups excluding tert-OH is 2. The van der Waals surface area contributed by atoms with Gasteiger partial charge in [-0.2, -0.15) is 0 Å². The second kappa shape index (κ2) is 21.0. The van der Waals surface area contributed by atoms with Crippen molar-refractivity contribution in [2.24, 2.45) is 5.92 Å². The van der Waals surface area contributed by atoms with E-state index in [9.17, 15) is 29.4 Å². The van der Waals surface area contributed by atoms with Gasteiger partial charge in [0.1, 0.15) is 52.9 Å². The number of fused-ring (bicyclic) bond motifs is 1. The van der Waals surface area contributed by atoms with E-state index in [-0.39, 0.29) is 19.6 Å². The first-order valence-corrected chi connectivity index (χ1v) is 23.2. The molecule has 2 saturated carbocycles. The first kappa shape index (κ1) is 52.7. The van der Waals surface area contributed by atoms with Crippen LogP contribution in [0.2, 0.25) is 0 Å². The largest absolute Gasteiger partial charge is 0.444 e. The van der Waals surface area contributed by atoms with Crippen molar-refractivity contribution in [3.05, 3.63) is 0 Å². The zero-order valence-corrected chi connectivity index (χ0v) is 40.7. The molecule has 5 aliphatic rings. The van der Waals surface area contributed by atoms with Crippen LogP contribution in [0, 0.1) is 5.92 Å². The number of rotatable bonds is 9. The van der Waals surface area contributed by atoms with Gasteiger partial charge in [0.05, 0.1) is 36.9 Å². The molecule has 13 atom stereocenters. The second-order valence-corrected chi connectivity index (χ2v) is 22.1. The molecule has 65 heavy (non-hydrogen) atoms. The molecule has 6 N–H and O–H groups in total. The number of alkyl carbamates (subject to hydrolysis) is 4. The van der Waals surface area contributed by atoms with Gasteiger partial charge in [-0.25, -0.2) is 19.2 Å². The van der Waals surface area contributed by atoms with E-state index < -0.39 is 132 Å². The Morgan fingerprint density at radius 1 is 0.631 bits per heavy atom. The average Bonchev–Trinajstić information content (AvgIpc) is 3.14. The van der Waals surface area contributed by atoms with Gasteiger partial charge >= 0.3 is 24.4 Å². The normalized spacial score (nSPS) is 34.3. The number of aliphatic hydroxyl groups is 2. The van der Waals surface area contributed by atoms with Gasteiger partial charge in [-0.1, -0.05) is 13.3 Å². The van der Waals surface area contributed by atoms with E-state index in [0.29, 0.717) is 25.7 Å². The van der Waals surface area contributed by atoms with Crippen LogP contribution in [0.15, 0.2) is 0 Å². The summed E-state index contributed by atoms with van der Waals surface area (Å²) in [5, 5.41) is 35.7. The molecule has 3 aliphatic heterocycles. The van der Waals surface area contributed by atoms with Crippen LogP contribution in [0.25, 0.3) is 0 Å². The fourth-order valence-corrected chi connectivity index (χ4v) is 8.77. The van der Waals surface area contributed by atoms with E-state index in [1.165, 1.54) is 0 Å². The lowest BCUT2D eigenvalue weighted by molar-refractivity contribution is -0.390. The highest BCUT2D eigenvalue weighted by molar-refractivity contribution is 5.69. The minimum Gasteiger partial charge on any atom is -0.444 e. The molecular weight excluding hydrogens is 853 g/mol. The minimum atomic E-state index is -1.53. The van der Waals surface area contributed by atoms with Gasteiger partial charge in [0.25, 0.3) is 0 Å². The van der Waals surface area contributed by atoms with Crippen LogP contribution in [-0.2, 0) is 47.4 Å². The van der Waals surface area contributed by atoms with Crippen molar-refractivity contribution < 1.29 is 76.8 Å². The second-order valence-electron chi connectivity index (χ2n) is 22.1. The third-order valence-electron chi connectivity index (χ3n) is 11.4. The quantitative estimate of drug-likeness (QED) is 0.166. The highest BCUT2D eigenvalue weighted by Crippen LogP contribution is 2.42. The van der Waals surface area contributed by atoms with Crippen LogP contribution in [0.3, 0.4) is 0 Å². The average molecular weight is 931 g/mol. The number of nitrogens with one attached hydrogen (secondary N) is 4. The number of ether oxygens (including phenoxy) is 10. The molecule has 5 fully saturated rings. The standard InChI is InChI=1S/C45H78N4O16/c1-24-21-27(48-39(54)64-43(8,9)10)33(60-35-26(47-38(53)63-42(5,6)7)18-17-25(57-35)22-46-37(52)62-41(2,3)4)31(51)32(24)59-36-30(50)29(49-40(55)65-44(11,12)13)34-28(58-36)23-56-45(61-34)19-15-14-16-20-45/h24-36,50-51H,14-23H2,1-13H3,(H,46,52)(H,47,53)(H,48,54)(H,49,55)/t24-,25?,26?,27-,28?,29-,30?,31?,32+,33?,34-,35-,36-/m1/s1. The number of hydrogen-bond donors (Lipinski definition) is 6. The van der Waals surface area contributed by atoms with E-state index in [2.05, 4.69) is 21.3 Å². The first-order chi connectivity index (χ1) is 30.0. The summed E-state index contributed by atoms with van der Waals surface area (Å²) >= 11 is 0. The number of carbonyl (C=O) groups excluding carboxylic acids is 4. The zero-order chi connectivity index (χ0) is 48.3. The summed E-state index contributed by atoms with van der Waals surface area (Å²) in [7, 11) is 0. The molecule has 3 saturated heterocycles. The Hall–Kier alpha value is -3.24. The Morgan fingerprint density at radius 2 is 1.15 bits per heavy atom. The SMILES string of the molecule is C[C@@H]1C[C@@H](NC(=O)OC(C)(C)C)C(O[C@H]2OC(CNC(=O)OC(C)(C)C)CCC2NC(=O)OC(C)(C)C)C(O)[C@H]1O[C@H]1OC2COC3(CCCCC3)O[C@H]2[C@H](NC(=O)OC(C)(C)C)C1O. The molecule has 3 heterocycles. The van der Waals surface area contributed by atoms with Gasteiger partial charge in [0.15, 0.2) is 18.4 Å². The molecule has 5 rings (SSSR count). The molecule has 0 aromatic heterocycles. The molecule has 1 spiro atoms. The maximum atomic E-state index is 13.3. The van der Waals surface area contributed by atoms with Crippen LogP contribution < -0.4 is 21.3 Å². The summed E-state index contributed by atoms with van der Waals surface area (Å²) in [6.07, 6.45) is -8.21. The summed E-state index contributed by atoms with van der Waals surface area (Å²) < 4.78 is 61.1.